The predicted octanol–water partition coefficient (Wildman–Crippen LogP) is 4.54. The number of aryl methyl sites for hydroxylation is 1. The van der Waals surface area contributed by atoms with Crippen molar-refractivity contribution in [1.82, 2.24) is 4.98 Å². The number of anilines is 1. The molecule has 176 valence electrons. The van der Waals surface area contributed by atoms with E-state index in [4.69, 9.17) is 9.47 Å². The molecule has 1 aromatic heterocycles. The van der Waals surface area contributed by atoms with E-state index in [1.54, 1.807) is 25.3 Å². The first-order valence-electron chi connectivity index (χ1n) is 11.1. The molecule has 3 heterocycles. The quantitative estimate of drug-likeness (QED) is 0.665. The number of carbonyl (C=O) groups is 1. The summed E-state index contributed by atoms with van der Waals surface area (Å²) < 4.78 is 38.4. The Labute approximate surface area is 195 Å². The number of carboxylic acid groups (broad SMARTS) is 1. The Kier molecular flexibility index (Phi) is 5.19. The van der Waals surface area contributed by atoms with Crippen LogP contribution in [0.15, 0.2) is 29.6 Å². The van der Waals surface area contributed by atoms with E-state index < -0.39 is 17.8 Å². The molecule has 9 heteroatoms. The lowest BCUT2D eigenvalue weighted by Crippen LogP contribution is -2.38. The molecule has 1 unspecified atom stereocenters. The van der Waals surface area contributed by atoms with Gasteiger partial charge in [0.15, 0.2) is 0 Å². The number of fused-ring (bicyclic) bond motifs is 2. The summed E-state index contributed by atoms with van der Waals surface area (Å²) in [6.45, 7) is 4.01. The fourth-order valence-electron chi connectivity index (χ4n) is 5.12. The number of alkyl halides is 2. The third-order valence-electron chi connectivity index (χ3n) is 6.75. The number of hydrogen-bond donors (Lipinski definition) is 2. The molecule has 1 fully saturated rings. The zero-order valence-electron chi connectivity index (χ0n) is 18.7. The van der Waals surface area contributed by atoms with Gasteiger partial charge in [0.25, 0.3) is 0 Å². The van der Waals surface area contributed by atoms with Crippen LogP contribution in [-0.4, -0.2) is 35.2 Å². The minimum Gasteiger partial charge on any atom is -0.493 e. The van der Waals surface area contributed by atoms with Gasteiger partial charge in [-0.15, -0.1) is 0 Å². The first kappa shape index (κ1) is 22.1. The number of nitriles is 1. The van der Waals surface area contributed by atoms with Crippen molar-refractivity contribution in [3.05, 3.63) is 57.4 Å². The predicted molar refractivity (Wildman–Crippen MR) is 118 cm³/mol. The Morgan fingerprint density at radius 3 is 2.82 bits per heavy atom. The Morgan fingerprint density at radius 2 is 2.15 bits per heavy atom. The van der Waals surface area contributed by atoms with E-state index in [0.717, 1.165) is 11.1 Å². The highest BCUT2D eigenvalue weighted by atomic mass is 19.3. The number of halogens is 2. The van der Waals surface area contributed by atoms with Crippen LogP contribution in [0.25, 0.3) is 0 Å². The van der Waals surface area contributed by atoms with Gasteiger partial charge < -0.3 is 19.9 Å². The normalized spacial score (nSPS) is 20.4. The highest BCUT2D eigenvalue weighted by Crippen LogP contribution is 2.51. The smallest absolute Gasteiger partial charge is 0.334 e. The van der Waals surface area contributed by atoms with Crippen LogP contribution in [-0.2, 0) is 11.2 Å². The Morgan fingerprint density at radius 1 is 1.38 bits per heavy atom. The summed E-state index contributed by atoms with van der Waals surface area (Å²) in [6.07, 6.45) is 1.70. The summed E-state index contributed by atoms with van der Waals surface area (Å²) in [6, 6.07) is 5.57. The monoisotopic (exact) mass is 467 g/mol. The van der Waals surface area contributed by atoms with Gasteiger partial charge in [0, 0.05) is 48.2 Å². The van der Waals surface area contributed by atoms with Crippen LogP contribution >= 0.6 is 0 Å². The van der Waals surface area contributed by atoms with Crippen LogP contribution in [0.3, 0.4) is 0 Å². The molecule has 5 rings (SSSR count). The van der Waals surface area contributed by atoms with Gasteiger partial charge in [-0.05, 0) is 25.5 Å². The second-order valence-corrected chi connectivity index (χ2v) is 9.10. The van der Waals surface area contributed by atoms with E-state index in [2.05, 4.69) is 16.4 Å². The summed E-state index contributed by atoms with van der Waals surface area (Å²) in [5, 5.41) is 22.9. The van der Waals surface area contributed by atoms with Crippen molar-refractivity contribution in [3.8, 4) is 17.7 Å². The van der Waals surface area contributed by atoms with Gasteiger partial charge in [-0.3, -0.25) is 0 Å². The number of nitrogens with zero attached hydrogens (tertiary/aromatic N) is 2. The van der Waals surface area contributed by atoms with Crippen molar-refractivity contribution in [2.75, 3.05) is 18.5 Å². The number of nitrogens with one attached hydrogen (secondary N) is 1. The van der Waals surface area contributed by atoms with Gasteiger partial charge >= 0.3 is 5.97 Å². The number of benzene rings is 1. The third kappa shape index (κ3) is 3.54. The average Bonchev–Trinajstić information content (AvgIpc) is 3.26. The minimum atomic E-state index is -2.66. The van der Waals surface area contributed by atoms with E-state index in [-0.39, 0.29) is 36.8 Å². The summed E-state index contributed by atoms with van der Waals surface area (Å²) in [7, 11) is 0. The van der Waals surface area contributed by atoms with Crippen LogP contribution in [0.2, 0.25) is 0 Å². The molecule has 34 heavy (non-hydrogen) atoms. The van der Waals surface area contributed by atoms with E-state index in [9.17, 15) is 23.9 Å². The van der Waals surface area contributed by atoms with Crippen molar-refractivity contribution in [2.45, 2.75) is 45.0 Å². The molecule has 0 amide bonds. The molecule has 1 atom stereocenters. The number of aliphatic carboxylic acids is 1. The maximum atomic E-state index is 13.3. The molecule has 0 radical (unpaired) electrons. The molecule has 7 nitrogen and oxygen atoms in total. The molecular formula is C25H23F2N3O4. The zero-order valence-corrected chi connectivity index (χ0v) is 18.7. The standard InChI is InChI=1S/C25H23F2N3O4/c1-12-10-29-23(34-11-14-7-25(26,27)8-14)20-19(18(24(31)32)13(2)30-21(12)20)17-4-3-15(9-28)16-5-6-33-22(16)17/h3-4,10,14,19,30H,5-8,11H2,1-2H3,(H,31,32). The second kappa shape index (κ2) is 7.97. The van der Waals surface area contributed by atoms with Gasteiger partial charge in [-0.2, -0.15) is 5.26 Å². The summed E-state index contributed by atoms with van der Waals surface area (Å²) in [4.78, 5) is 16.9. The van der Waals surface area contributed by atoms with Crippen LogP contribution in [0.1, 0.15) is 53.5 Å². The Bertz CT molecular complexity index is 1270. The maximum absolute atomic E-state index is 13.3. The molecule has 1 saturated carbocycles. The number of ether oxygens (including phenoxy) is 2. The summed E-state index contributed by atoms with van der Waals surface area (Å²) in [5.41, 5.74) is 4.43. The largest absolute Gasteiger partial charge is 0.493 e. The van der Waals surface area contributed by atoms with Gasteiger partial charge in [-0.25, -0.2) is 18.6 Å². The number of pyridine rings is 1. The van der Waals surface area contributed by atoms with Gasteiger partial charge in [0.05, 0.1) is 47.6 Å². The van der Waals surface area contributed by atoms with Crippen LogP contribution in [0.5, 0.6) is 11.6 Å². The minimum absolute atomic E-state index is 0.0674. The van der Waals surface area contributed by atoms with Gasteiger partial charge in [0.1, 0.15) is 5.75 Å². The van der Waals surface area contributed by atoms with Gasteiger partial charge in [0.2, 0.25) is 11.8 Å². The number of carboxylic acids is 1. The molecule has 0 spiro atoms. The number of aromatic nitrogens is 1. The lowest BCUT2D eigenvalue weighted by Gasteiger charge is -2.35. The highest BCUT2D eigenvalue weighted by molar-refractivity contribution is 5.94. The highest BCUT2D eigenvalue weighted by Gasteiger charge is 2.46. The van der Waals surface area contributed by atoms with E-state index in [1.165, 1.54) is 0 Å². The maximum Gasteiger partial charge on any atom is 0.334 e. The fraction of sp³-hybridized carbons (Fsp3) is 0.400. The molecule has 0 saturated heterocycles. The van der Waals surface area contributed by atoms with Crippen LogP contribution in [0.4, 0.5) is 14.5 Å². The number of allylic oxidation sites excluding steroid dienone is 1. The lowest BCUT2D eigenvalue weighted by atomic mass is 9.79. The molecule has 1 aliphatic carbocycles. The average molecular weight is 467 g/mol. The second-order valence-electron chi connectivity index (χ2n) is 9.10. The molecule has 3 aliphatic rings. The molecule has 2 N–H and O–H groups in total. The Balaban J connectivity index is 1.65. The molecule has 1 aromatic carbocycles. The van der Waals surface area contributed by atoms with Crippen LogP contribution in [0, 0.1) is 24.2 Å². The molecular weight excluding hydrogens is 444 g/mol. The van der Waals surface area contributed by atoms with Crippen molar-refractivity contribution in [3.63, 3.8) is 0 Å². The molecule has 2 aromatic rings. The van der Waals surface area contributed by atoms with E-state index >= 15 is 0 Å². The molecule has 2 aliphatic heterocycles. The summed E-state index contributed by atoms with van der Waals surface area (Å²) in [5.74, 6) is -4.12. The first-order valence-corrected chi connectivity index (χ1v) is 11.1. The first-order chi connectivity index (χ1) is 16.2. The van der Waals surface area contributed by atoms with Crippen molar-refractivity contribution < 1.29 is 28.2 Å². The zero-order chi connectivity index (χ0) is 24.2. The van der Waals surface area contributed by atoms with Crippen molar-refractivity contribution in [2.24, 2.45) is 5.92 Å². The number of rotatable bonds is 5. The van der Waals surface area contributed by atoms with Crippen LogP contribution < -0.4 is 14.8 Å². The molecule has 0 bridgehead atoms. The Hall–Kier alpha value is -3.67. The van der Waals surface area contributed by atoms with Gasteiger partial charge in [-0.1, -0.05) is 6.07 Å². The van der Waals surface area contributed by atoms with E-state index in [0.29, 0.717) is 46.9 Å². The SMILES string of the molecule is CC1=C(C(=O)O)C(c2ccc(C#N)c3c2OCC3)c2c(OCC3CC(F)(F)C3)ncc(C)c2N1. The third-order valence-corrected chi connectivity index (χ3v) is 6.75. The fourth-order valence-corrected chi connectivity index (χ4v) is 5.12. The van der Waals surface area contributed by atoms with Crippen molar-refractivity contribution in [1.29, 1.82) is 5.26 Å². The lowest BCUT2D eigenvalue weighted by molar-refractivity contribution is -0.133. The summed E-state index contributed by atoms with van der Waals surface area (Å²) >= 11 is 0. The number of hydrogen-bond acceptors (Lipinski definition) is 6. The van der Waals surface area contributed by atoms with Crippen molar-refractivity contribution >= 4 is 11.7 Å². The topological polar surface area (TPSA) is 104 Å². The van der Waals surface area contributed by atoms with E-state index in [1.807, 2.05) is 6.92 Å².